The van der Waals surface area contributed by atoms with E-state index in [9.17, 15) is 0 Å². The highest BCUT2D eigenvalue weighted by Gasteiger charge is 2.50. The molecule has 20 heavy (non-hydrogen) atoms. The molecule has 98 valence electrons. The van der Waals surface area contributed by atoms with E-state index in [4.69, 9.17) is 0 Å². The molecular weight excluding hydrogens is 240 g/mol. The Kier molecular flexibility index (Phi) is 1.63. The van der Waals surface area contributed by atoms with Gasteiger partial charge in [-0.1, -0.05) is 60.8 Å². The SMILES string of the molecule is C1=C[C@@H]2C=C(C3=C[C@@H]4C=C[C@@H]5C=C[C@@H]3[C@H]54)[C@H]3C=C[C@H]1[C@H]23. The maximum absolute atomic E-state index is 2.59. The second-order valence-electron chi connectivity index (χ2n) is 7.30. The fourth-order valence-electron chi connectivity index (χ4n) is 5.80. The molecule has 0 unspecified atom stereocenters. The van der Waals surface area contributed by atoms with Crippen LogP contribution < -0.4 is 0 Å². The molecule has 0 N–H and O–H groups in total. The van der Waals surface area contributed by atoms with Crippen molar-refractivity contribution in [2.75, 3.05) is 0 Å². The van der Waals surface area contributed by atoms with Gasteiger partial charge in [-0.2, -0.15) is 0 Å². The van der Waals surface area contributed by atoms with Gasteiger partial charge in [0.25, 0.3) is 0 Å². The number of allylic oxidation sites excluding steroid dienone is 12. The normalized spacial score (nSPS) is 54.8. The van der Waals surface area contributed by atoms with Crippen LogP contribution in [-0.2, 0) is 0 Å². The number of rotatable bonds is 1. The molecule has 0 saturated carbocycles. The summed E-state index contributed by atoms with van der Waals surface area (Å²) in [6.45, 7) is 0. The van der Waals surface area contributed by atoms with Crippen LogP contribution in [0.15, 0.2) is 71.9 Å². The molecule has 0 nitrogen and oxygen atoms in total. The summed E-state index contributed by atoms with van der Waals surface area (Å²) in [6.07, 6.45) is 24.8. The Morgan fingerprint density at radius 3 is 1.35 bits per heavy atom. The summed E-state index contributed by atoms with van der Waals surface area (Å²) in [5.41, 5.74) is 3.34. The van der Waals surface area contributed by atoms with Crippen LogP contribution >= 0.6 is 0 Å². The highest BCUT2D eigenvalue weighted by Crippen LogP contribution is 2.59. The molecule has 0 aromatic carbocycles. The van der Waals surface area contributed by atoms with Crippen LogP contribution in [0, 0.1) is 47.3 Å². The summed E-state index contributed by atoms with van der Waals surface area (Å²) in [7, 11) is 0. The van der Waals surface area contributed by atoms with Gasteiger partial charge in [-0.3, -0.25) is 0 Å². The van der Waals surface area contributed by atoms with Gasteiger partial charge >= 0.3 is 0 Å². The topological polar surface area (TPSA) is 0 Å². The van der Waals surface area contributed by atoms with Crippen LogP contribution in [0.5, 0.6) is 0 Å². The lowest BCUT2D eigenvalue weighted by Crippen LogP contribution is -2.16. The van der Waals surface area contributed by atoms with E-state index in [0.29, 0.717) is 35.5 Å². The molecule has 0 saturated heterocycles. The van der Waals surface area contributed by atoms with Crippen molar-refractivity contribution in [2.24, 2.45) is 47.3 Å². The lowest BCUT2D eigenvalue weighted by molar-refractivity contribution is 0.398. The smallest absolute Gasteiger partial charge is 0.00636 e. The van der Waals surface area contributed by atoms with Gasteiger partial charge in [0, 0.05) is 11.8 Å². The van der Waals surface area contributed by atoms with E-state index in [2.05, 4.69) is 60.8 Å². The van der Waals surface area contributed by atoms with Gasteiger partial charge in [0.15, 0.2) is 0 Å². The fourth-order valence-corrected chi connectivity index (χ4v) is 5.80. The monoisotopic (exact) mass is 258 g/mol. The summed E-state index contributed by atoms with van der Waals surface area (Å²) in [4.78, 5) is 0. The Labute approximate surface area is 120 Å². The van der Waals surface area contributed by atoms with Crippen LogP contribution in [0.3, 0.4) is 0 Å². The predicted molar refractivity (Wildman–Crippen MR) is 80.6 cm³/mol. The zero-order valence-electron chi connectivity index (χ0n) is 11.4. The van der Waals surface area contributed by atoms with Crippen molar-refractivity contribution in [3.05, 3.63) is 71.9 Å². The first-order chi connectivity index (χ1) is 9.90. The van der Waals surface area contributed by atoms with E-state index >= 15 is 0 Å². The minimum absolute atomic E-state index is 0.696. The average Bonchev–Trinajstić information content (AvgIpc) is 3.18. The standard InChI is InChI=1S/C20H18/c1-3-13-9-17(15-7-5-11(1)19(13)15)18-10-14-4-2-12-6-8-16(18)20(12)14/h1-16,19-20H/t11-,12+,13+,14-,15+,16-,19-,20-/m1/s1. The third-order valence-corrected chi connectivity index (χ3v) is 6.60. The Balaban J connectivity index is 1.47. The molecule has 0 heterocycles. The molecule has 0 amide bonds. The van der Waals surface area contributed by atoms with Crippen molar-refractivity contribution in [3.8, 4) is 0 Å². The van der Waals surface area contributed by atoms with E-state index in [-0.39, 0.29) is 0 Å². The van der Waals surface area contributed by atoms with Crippen molar-refractivity contribution in [2.45, 2.75) is 0 Å². The molecule has 6 rings (SSSR count). The van der Waals surface area contributed by atoms with Gasteiger partial charge in [0.1, 0.15) is 0 Å². The van der Waals surface area contributed by atoms with Crippen LogP contribution in [0.1, 0.15) is 0 Å². The summed E-state index contributed by atoms with van der Waals surface area (Å²) >= 11 is 0. The highest BCUT2D eigenvalue weighted by molar-refractivity contribution is 5.53. The minimum atomic E-state index is 0.696. The first-order valence-corrected chi connectivity index (χ1v) is 8.07. The Hall–Kier alpha value is -1.56. The largest absolute Gasteiger partial charge is 0.0807 e. The highest BCUT2D eigenvalue weighted by atomic mass is 14.5. The lowest BCUT2D eigenvalue weighted by atomic mass is 9.81. The zero-order valence-corrected chi connectivity index (χ0v) is 11.4. The van der Waals surface area contributed by atoms with Crippen molar-refractivity contribution in [1.29, 1.82) is 0 Å². The Bertz CT molecular complexity index is 621. The van der Waals surface area contributed by atoms with Crippen LogP contribution in [0.25, 0.3) is 0 Å². The Morgan fingerprint density at radius 2 is 0.850 bits per heavy atom. The van der Waals surface area contributed by atoms with E-state index in [1.54, 1.807) is 11.1 Å². The summed E-state index contributed by atoms with van der Waals surface area (Å²) in [6, 6.07) is 0. The quantitative estimate of drug-likeness (QED) is 0.622. The third-order valence-electron chi connectivity index (χ3n) is 6.60. The second-order valence-corrected chi connectivity index (χ2v) is 7.30. The fraction of sp³-hybridized carbons (Fsp3) is 0.400. The minimum Gasteiger partial charge on any atom is -0.0807 e. The van der Waals surface area contributed by atoms with Gasteiger partial charge in [-0.25, -0.2) is 0 Å². The van der Waals surface area contributed by atoms with Gasteiger partial charge < -0.3 is 0 Å². The van der Waals surface area contributed by atoms with Crippen LogP contribution in [0.4, 0.5) is 0 Å². The van der Waals surface area contributed by atoms with Crippen LogP contribution in [-0.4, -0.2) is 0 Å². The Morgan fingerprint density at radius 1 is 0.450 bits per heavy atom. The van der Waals surface area contributed by atoms with Gasteiger partial charge in [-0.05, 0) is 46.7 Å². The number of hydrogen-bond donors (Lipinski definition) is 0. The predicted octanol–water partition coefficient (Wildman–Crippen LogP) is 4.08. The molecule has 6 aliphatic carbocycles. The van der Waals surface area contributed by atoms with E-state index < -0.39 is 0 Å². The molecule has 0 aromatic heterocycles. The zero-order chi connectivity index (χ0) is 12.8. The molecular formula is C20H18. The molecule has 0 aromatic rings. The van der Waals surface area contributed by atoms with E-state index in [0.717, 1.165) is 11.8 Å². The third kappa shape index (κ3) is 1.01. The number of hydrogen-bond acceptors (Lipinski definition) is 0. The molecule has 6 aliphatic rings. The van der Waals surface area contributed by atoms with E-state index in [1.807, 2.05) is 0 Å². The van der Waals surface area contributed by atoms with Gasteiger partial charge in [-0.15, -0.1) is 0 Å². The summed E-state index contributed by atoms with van der Waals surface area (Å²) < 4.78 is 0. The molecule has 0 fully saturated rings. The van der Waals surface area contributed by atoms with Crippen LogP contribution in [0.2, 0.25) is 0 Å². The molecule has 0 aliphatic heterocycles. The average molecular weight is 258 g/mol. The van der Waals surface area contributed by atoms with Crippen molar-refractivity contribution in [3.63, 3.8) is 0 Å². The van der Waals surface area contributed by atoms with Gasteiger partial charge in [0.05, 0.1) is 0 Å². The maximum Gasteiger partial charge on any atom is 0.00636 e. The van der Waals surface area contributed by atoms with Gasteiger partial charge in [0.2, 0.25) is 0 Å². The molecule has 0 spiro atoms. The summed E-state index contributed by atoms with van der Waals surface area (Å²) in [5.74, 6) is 5.87. The van der Waals surface area contributed by atoms with E-state index in [1.165, 1.54) is 0 Å². The maximum atomic E-state index is 2.59. The molecule has 0 heteroatoms. The van der Waals surface area contributed by atoms with Crippen molar-refractivity contribution < 1.29 is 0 Å². The molecule has 0 radical (unpaired) electrons. The lowest BCUT2D eigenvalue weighted by Gasteiger charge is -2.22. The van der Waals surface area contributed by atoms with Crippen molar-refractivity contribution >= 4 is 0 Å². The first-order valence-electron chi connectivity index (χ1n) is 8.07. The second kappa shape index (κ2) is 3.19. The summed E-state index contributed by atoms with van der Waals surface area (Å²) in [5, 5.41) is 0. The first kappa shape index (κ1) is 10.2. The molecule has 0 bridgehead atoms. The van der Waals surface area contributed by atoms with Crippen molar-refractivity contribution in [1.82, 2.24) is 0 Å². The molecule has 8 atom stereocenters.